The van der Waals surface area contributed by atoms with Gasteiger partial charge in [-0.3, -0.25) is 4.79 Å². The number of rotatable bonds is 7. The average Bonchev–Trinajstić information content (AvgIpc) is 2.47. The van der Waals surface area contributed by atoms with E-state index in [4.69, 9.17) is 4.74 Å². The molecule has 0 heterocycles. The van der Waals surface area contributed by atoms with E-state index in [0.29, 0.717) is 6.42 Å². The number of unbranched alkanes of at least 4 members (excludes halogenated alkanes) is 1. The quantitative estimate of drug-likeness (QED) is 0.522. The summed E-state index contributed by atoms with van der Waals surface area (Å²) < 4.78 is 5.70. The Labute approximate surface area is 120 Å². The molecule has 2 aromatic rings. The summed E-state index contributed by atoms with van der Waals surface area (Å²) in [5.41, 5.74) is 0.805. The van der Waals surface area contributed by atoms with E-state index >= 15 is 0 Å². The fourth-order valence-electron chi connectivity index (χ4n) is 2.19. The number of Topliss-reactive ketones (excluding diaryl/α,β-unsaturated/α-hetero) is 1. The number of carbonyl (C=O) groups is 1. The summed E-state index contributed by atoms with van der Waals surface area (Å²) in [6.07, 6.45) is 3.71. The number of hydrogen-bond donors (Lipinski definition) is 0. The SMILES string of the molecule is CCCCOc1ccc2cc(C(=O)CCC)ccc2c1. The van der Waals surface area contributed by atoms with Crippen LogP contribution in [0.3, 0.4) is 0 Å². The Morgan fingerprint density at radius 2 is 1.75 bits per heavy atom. The van der Waals surface area contributed by atoms with Crippen molar-refractivity contribution in [2.45, 2.75) is 39.5 Å². The number of ketones is 1. The lowest BCUT2D eigenvalue weighted by atomic mass is 10.0. The van der Waals surface area contributed by atoms with E-state index in [2.05, 4.69) is 6.92 Å². The van der Waals surface area contributed by atoms with Crippen LogP contribution in [0.15, 0.2) is 36.4 Å². The smallest absolute Gasteiger partial charge is 0.162 e. The number of fused-ring (bicyclic) bond motifs is 1. The van der Waals surface area contributed by atoms with Crippen LogP contribution in [0.5, 0.6) is 5.75 Å². The molecule has 2 rings (SSSR count). The summed E-state index contributed by atoms with van der Waals surface area (Å²) in [6.45, 7) is 4.94. The lowest BCUT2D eigenvalue weighted by molar-refractivity contribution is 0.0982. The van der Waals surface area contributed by atoms with Gasteiger partial charge >= 0.3 is 0 Å². The predicted molar refractivity (Wildman–Crippen MR) is 83.6 cm³/mol. The molecule has 0 bridgehead atoms. The molecule has 2 nitrogen and oxygen atoms in total. The summed E-state index contributed by atoms with van der Waals surface area (Å²) >= 11 is 0. The van der Waals surface area contributed by atoms with Crippen LogP contribution in [0.4, 0.5) is 0 Å². The van der Waals surface area contributed by atoms with Crippen LogP contribution >= 0.6 is 0 Å². The Kier molecular flexibility index (Phi) is 5.16. The molecule has 2 aromatic carbocycles. The van der Waals surface area contributed by atoms with Gasteiger partial charge in [-0.25, -0.2) is 0 Å². The second-order valence-corrected chi connectivity index (χ2v) is 5.10. The molecule has 0 aromatic heterocycles. The van der Waals surface area contributed by atoms with Crippen molar-refractivity contribution in [1.29, 1.82) is 0 Å². The van der Waals surface area contributed by atoms with Gasteiger partial charge in [0.2, 0.25) is 0 Å². The molecule has 0 aliphatic rings. The van der Waals surface area contributed by atoms with Gasteiger partial charge in [0.25, 0.3) is 0 Å². The maximum absolute atomic E-state index is 11.9. The van der Waals surface area contributed by atoms with Crippen LogP contribution in [0, 0.1) is 0 Å². The molecule has 106 valence electrons. The minimum absolute atomic E-state index is 0.220. The van der Waals surface area contributed by atoms with Crippen molar-refractivity contribution in [2.24, 2.45) is 0 Å². The largest absolute Gasteiger partial charge is 0.494 e. The van der Waals surface area contributed by atoms with E-state index in [-0.39, 0.29) is 5.78 Å². The molecule has 0 atom stereocenters. The molecule has 0 radical (unpaired) electrons. The summed E-state index contributed by atoms with van der Waals surface area (Å²) in [5, 5.41) is 2.21. The molecule has 0 unspecified atom stereocenters. The van der Waals surface area contributed by atoms with Gasteiger partial charge in [0, 0.05) is 12.0 Å². The number of carbonyl (C=O) groups excluding carboxylic acids is 1. The van der Waals surface area contributed by atoms with Gasteiger partial charge in [0.1, 0.15) is 5.75 Å². The second-order valence-electron chi connectivity index (χ2n) is 5.10. The zero-order valence-electron chi connectivity index (χ0n) is 12.3. The lowest BCUT2D eigenvalue weighted by Gasteiger charge is -2.07. The molecule has 20 heavy (non-hydrogen) atoms. The van der Waals surface area contributed by atoms with Crippen LogP contribution in [-0.2, 0) is 0 Å². The number of ether oxygens (including phenoxy) is 1. The molecular weight excluding hydrogens is 248 g/mol. The van der Waals surface area contributed by atoms with Crippen molar-refractivity contribution in [3.63, 3.8) is 0 Å². The first-order valence-corrected chi connectivity index (χ1v) is 7.44. The Hall–Kier alpha value is -1.83. The third-order valence-electron chi connectivity index (χ3n) is 3.38. The van der Waals surface area contributed by atoms with Crippen molar-refractivity contribution in [2.75, 3.05) is 6.61 Å². The molecule has 0 amide bonds. The van der Waals surface area contributed by atoms with Crippen molar-refractivity contribution in [3.05, 3.63) is 42.0 Å². The zero-order valence-corrected chi connectivity index (χ0v) is 12.3. The number of benzene rings is 2. The van der Waals surface area contributed by atoms with Crippen molar-refractivity contribution in [1.82, 2.24) is 0 Å². The standard InChI is InChI=1S/C18H22O2/c1-3-5-11-20-17-10-9-14-12-16(18(19)6-4-2)8-7-15(14)13-17/h7-10,12-13H,3-6,11H2,1-2H3. The fraction of sp³-hybridized carbons (Fsp3) is 0.389. The lowest BCUT2D eigenvalue weighted by Crippen LogP contribution is -1.98. The summed E-state index contributed by atoms with van der Waals surface area (Å²) in [5.74, 6) is 1.12. The average molecular weight is 270 g/mol. The molecule has 0 saturated carbocycles. The van der Waals surface area contributed by atoms with Gasteiger partial charge in [-0.2, -0.15) is 0 Å². The van der Waals surface area contributed by atoms with Crippen molar-refractivity contribution < 1.29 is 9.53 Å². The minimum Gasteiger partial charge on any atom is -0.494 e. The Bertz CT molecular complexity index is 587. The van der Waals surface area contributed by atoms with Crippen LogP contribution in [0.2, 0.25) is 0 Å². The van der Waals surface area contributed by atoms with E-state index < -0.39 is 0 Å². The maximum atomic E-state index is 11.9. The Balaban J connectivity index is 2.18. The van der Waals surface area contributed by atoms with Crippen LogP contribution in [-0.4, -0.2) is 12.4 Å². The first kappa shape index (κ1) is 14.6. The molecule has 0 aliphatic heterocycles. The summed E-state index contributed by atoms with van der Waals surface area (Å²) in [7, 11) is 0. The van der Waals surface area contributed by atoms with Crippen molar-refractivity contribution in [3.8, 4) is 5.75 Å². The Morgan fingerprint density at radius 3 is 2.50 bits per heavy atom. The topological polar surface area (TPSA) is 26.3 Å². The fourth-order valence-corrected chi connectivity index (χ4v) is 2.19. The highest BCUT2D eigenvalue weighted by molar-refractivity contribution is 6.00. The summed E-state index contributed by atoms with van der Waals surface area (Å²) in [4.78, 5) is 11.9. The first-order valence-electron chi connectivity index (χ1n) is 7.44. The summed E-state index contributed by atoms with van der Waals surface area (Å²) in [6, 6.07) is 11.9. The highest BCUT2D eigenvalue weighted by atomic mass is 16.5. The molecule has 0 aliphatic carbocycles. The van der Waals surface area contributed by atoms with Crippen molar-refractivity contribution >= 4 is 16.6 Å². The van der Waals surface area contributed by atoms with Gasteiger partial charge in [-0.05, 0) is 41.8 Å². The van der Waals surface area contributed by atoms with Gasteiger partial charge in [-0.1, -0.05) is 38.5 Å². The third-order valence-corrected chi connectivity index (χ3v) is 3.38. The van der Waals surface area contributed by atoms with Gasteiger partial charge in [-0.15, -0.1) is 0 Å². The third kappa shape index (κ3) is 3.60. The van der Waals surface area contributed by atoms with Crippen LogP contribution in [0.25, 0.3) is 10.8 Å². The van der Waals surface area contributed by atoms with E-state index in [1.807, 2.05) is 43.3 Å². The van der Waals surface area contributed by atoms with Gasteiger partial charge < -0.3 is 4.74 Å². The predicted octanol–water partition coefficient (Wildman–Crippen LogP) is 5.00. The second kappa shape index (κ2) is 7.09. The Morgan fingerprint density at radius 1 is 1.00 bits per heavy atom. The molecule has 0 spiro atoms. The zero-order chi connectivity index (χ0) is 14.4. The highest BCUT2D eigenvalue weighted by Crippen LogP contribution is 2.23. The van der Waals surface area contributed by atoms with E-state index in [9.17, 15) is 4.79 Å². The van der Waals surface area contributed by atoms with Crippen LogP contribution < -0.4 is 4.74 Å². The van der Waals surface area contributed by atoms with E-state index in [1.54, 1.807) is 0 Å². The first-order chi connectivity index (χ1) is 9.74. The number of hydrogen-bond acceptors (Lipinski definition) is 2. The monoisotopic (exact) mass is 270 g/mol. The van der Waals surface area contributed by atoms with Crippen LogP contribution in [0.1, 0.15) is 49.9 Å². The van der Waals surface area contributed by atoms with Gasteiger partial charge in [0.05, 0.1) is 6.61 Å². The molecule has 0 fully saturated rings. The van der Waals surface area contributed by atoms with Gasteiger partial charge in [0.15, 0.2) is 5.78 Å². The van der Waals surface area contributed by atoms with E-state index in [0.717, 1.165) is 48.0 Å². The molecule has 2 heteroatoms. The normalized spacial score (nSPS) is 10.7. The maximum Gasteiger partial charge on any atom is 0.162 e. The van der Waals surface area contributed by atoms with E-state index in [1.165, 1.54) is 0 Å². The highest BCUT2D eigenvalue weighted by Gasteiger charge is 2.06. The minimum atomic E-state index is 0.220. The molecule has 0 N–H and O–H groups in total. The molecule has 0 saturated heterocycles. The molecular formula is C18H22O2.